The first kappa shape index (κ1) is 13.8. The minimum atomic E-state index is -0.173. The Bertz CT molecular complexity index is 355. The van der Waals surface area contributed by atoms with Crippen LogP contribution < -0.4 is 10.6 Å². The highest BCUT2D eigenvalue weighted by Crippen LogP contribution is 2.03. The van der Waals surface area contributed by atoms with Crippen molar-refractivity contribution >= 4 is 23.5 Å². The van der Waals surface area contributed by atoms with E-state index in [2.05, 4.69) is 33.8 Å². The summed E-state index contributed by atoms with van der Waals surface area (Å²) in [5.41, 5.74) is 0.348. The van der Waals surface area contributed by atoms with Gasteiger partial charge in [-0.25, -0.2) is 9.97 Å². The molecule has 0 saturated carbocycles. The lowest BCUT2D eigenvalue weighted by atomic mass is 10.2. The fraction of sp³-hybridized carbons (Fsp3) is 0.545. The van der Waals surface area contributed by atoms with E-state index >= 15 is 0 Å². The summed E-state index contributed by atoms with van der Waals surface area (Å²) in [7, 11) is 1.76. The van der Waals surface area contributed by atoms with Crippen LogP contribution in [0.2, 0.25) is 0 Å². The van der Waals surface area contributed by atoms with Gasteiger partial charge in [0.1, 0.15) is 11.5 Å². The van der Waals surface area contributed by atoms with Crippen molar-refractivity contribution in [3.63, 3.8) is 0 Å². The lowest BCUT2D eigenvalue weighted by Crippen LogP contribution is -2.29. The Morgan fingerprint density at radius 1 is 1.47 bits per heavy atom. The largest absolute Gasteiger partial charge is 0.372 e. The minimum absolute atomic E-state index is 0.173. The van der Waals surface area contributed by atoms with Crippen LogP contribution in [0.1, 0.15) is 17.4 Å². The monoisotopic (exact) mass is 254 g/mol. The number of nitrogens with zero attached hydrogens (tertiary/aromatic N) is 2. The molecule has 1 rings (SSSR count). The van der Waals surface area contributed by atoms with Gasteiger partial charge in [-0.05, 0) is 17.9 Å². The molecule has 5 nitrogen and oxygen atoms in total. The highest BCUT2D eigenvalue weighted by Gasteiger charge is 2.09. The fourth-order valence-corrected chi connectivity index (χ4v) is 1.96. The van der Waals surface area contributed by atoms with E-state index in [-0.39, 0.29) is 5.91 Å². The highest BCUT2D eigenvalue weighted by atomic mass is 32.2. The second kappa shape index (κ2) is 7.11. The summed E-state index contributed by atoms with van der Waals surface area (Å²) in [5.74, 6) is 1.97. The first-order chi connectivity index (χ1) is 8.17. The average molecular weight is 254 g/mol. The third kappa shape index (κ3) is 4.60. The molecule has 0 fully saturated rings. The summed E-state index contributed by atoms with van der Waals surface area (Å²) in [5, 5.41) is 5.70. The zero-order valence-electron chi connectivity index (χ0n) is 10.4. The molecule has 0 aromatic carbocycles. The molecule has 1 unspecified atom stereocenters. The van der Waals surface area contributed by atoms with Gasteiger partial charge in [0.25, 0.3) is 5.91 Å². The van der Waals surface area contributed by atoms with Gasteiger partial charge < -0.3 is 10.6 Å². The van der Waals surface area contributed by atoms with Crippen LogP contribution in [0.3, 0.4) is 0 Å². The van der Waals surface area contributed by atoms with Crippen LogP contribution in [0.5, 0.6) is 0 Å². The Balaban J connectivity index is 2.46. The molecule has 1 aromatic heterocycles. The molecule has 1 amide bonds. The highest BCUT2D eigenvalue weighted by molar-refractivity contribution is 7.98. The molecule has 0 aliphatic heterocycles. The molecule has 94 valence electrons. The van der Waals surface area contributed by atoms with Gasteiger partial charge in [0.2, 0.25) is 0 Å². The maximum absolute atomic E-state index is 11.7. The fourth-order valence-electron chi connectivity index (χ4n) is 1.28. The average Bonchev–Trinajstić information content (AvgIpc) is 2.36. The van der Waals surface area contributed by atoms with E-state index in [9.17, 15) is 4.79 Å². The van der Waals surface area contributed by atoms with Crippen LogP contribution in [0, 0.1) is 5.92 Å². The van der Waals surface area contributed by atoms with Crippen LogP contribution in [0.4, 0.5) is 5.82 Å². The SMILES string of the molecule is CNc1cnc(C(=O)NCC(C)CSC)cn1. The number of amides is 1. The molecular formula is C11H18N4OS. The van der Waals surface area contributed by atoms with Crippen molar-refractivity contribution in [1.82, 2.24) is 15.3 Å². The summed E-state index contributed by atoms with van der Waals surface area (Å²) in [6.07, 6.45) is 5.07. The predicted octanol–water partition coefficient (Wildman–Crippen LogP) is 1.25. The van der Waals surface area contributed by atoms with Gasteiger partial charge in [0.15, 0.2) is 0 Å². The van der Waals surface area contributed by atoms with Crippen LogP contribution in [0.25, 0.3) is 0 Å². The van der Waals surface area contributed by atoms with Gasteiger partial charge in [0.05, 0.1) is 12.4 Å². The normalized spacial score (nSPS) is 11.9. The molecular weight excluding hydrogens is 236 g/mol. The number of anilines is 1. The van der Waals surface area contributed by atoms with E-state index in [1.54, 1.807) is 25.0 Å². The molecule has 6 heteroatoms. The van der Waals surface area contributed by atoms with Crippen molar-refractivity contribution in [1.29, 1.82) is 0 Å². The summed E-state index contributed by atoms with van der Waals surface area (Å²) < 4.78 is 0. The van der Waals surface area contributed by atoms with E-state index in [1.165, 1.54) is 6.20 Å². The second-order valence-electron chi connectivity index (χ2n) is 3.81. The molecule has 1 heterocycles. The molecule has 1 aromatic rings. The molecule has 1 atom stereocenters. The zero-order chi connectivity index (χ0) is 12.7. The first-order valence-corrected chi connectivity index (χ1v) is 6.83. The van der Waals surface area contributed by atoms with Crippen LogP contribution in [0.15, 0.2) is 12.4 Å². The van der Waals surface area contributed by atoms with Gasteiger partial charge in [-0.3, -0.25) is 4.79 Å². The van der Waals surface area contributed by atoms with Crippen molar-refractivity contribution < 1.29 is 4.79 Å². The Hall–Kier alpha value is -1.30. The number of hydrogen-bond donors (Lipinski definition) is 2. The third-order valence-electron chi connectivity index (χ3n) is 2.20. The number of nitrogens with one attached hydrogen (secondary N) is 2. The minimum Gasteiger partial charge on any atom is -0.372 e. The van der Waals surface area contributed by atoms with E-state index in [0.717, 1.165) is 5.75 Å². The molecule has 0 spiro atoms. The molecule has 0 aliphatic carbocycles. The van der Waals surface area contributed by atoms with E-state index < -0.39 is 0 Å². The standard InChI is InChI=1S/C11H18N4OS/c1-8(7-17-3)4-15-11(16)9-5-14-10(12-2)6-13-9/h5-6,8H,4,7H2,1-3H3,(H,12,14)(H,15,16). The topological polar surface area (TPSA) is 66.9 Å². The summed E-state index contributed by atoms with van der Waals surface area (Å²) in [4.78, 5) is 19.8. The van der Waals surface area contributed by atoms with E-state index in [4.69, 9.17) is 0 Å². The smallest absolute Gasteiger partial charge is 0.271 e. The molecule has 0 radical (unpaired) electrons. The molecule has 17 heavy (non-hydrogen) atoms. The maximum Gasteiger partial charge on any atom is 0.271 e. The second-order valence-corrected chi connectivity index (χ2v) is 4.72. The number of thioether (sulfide) groups is 1. The van der Waals surface area contributed by atoms with Crippen LogP contribution >= 0.6 is 11.8 Å². The van der Waals surface area contributed by atoms with Crippen molar-refractivity contribution in [3.8, 4) is 0 Å². The quantitative estimate of drug-likeness (QED) is 0.799. The number of hydrogen-bond acceptors (Lipinski definition) is 5. The summed E-state index contributed by atoms with van der Waals surface area (Å²) >= 11 is 1.77. The van der Waals surface area contributed by atoms with Crippen molar-refractivity contribution in [2.45, 2.75) is 6.92 Å². The van der Waals surface area contributed by atoms with Crippen molar-refractivity contribution in [2.75, 3.05) is 30.9 Å². The third-order valence-corrected chi connectivity index (χ3v) is 3.11. The van der Waals surface area contributed by atoms with Crippen LogP contribution in [-0.4, -0.2) is 41.5 Å². The van der Waals surface area contributed by atoms with Gasteiger partial charge in [-0.2, -0.15) is 11.8 Å². The Morgan fingerprint density at radius 3 is 2.76 bits per heavy atom. The predicted molar refractivity (Wildman–Crippen MR) is 71.5 cm³/mol. The van der Waals surface area contributed by atoms with E-state index in [1.807, 2.05) is 0 Å². The van der Waals surface area contributed by atoms with Gasteiger partial charge in [-0.15, -0.1) is 0 Å². The molecule has 2 N–H and O–H groups in total. The summed E-state index contributed by atoms with van der Waals surface area (Å²) in [6.45, 7) is 2.77. The van der Waals surface area contributed by atoms with E-state index in [0.29, 0.717) is 24.0 Å². The Kier molecular flexibility index (Phi) is 5.76. The Labute approximate surface area is 106 Å². The zero-order valence-corrected chi connectivity index (χ0v) is 11.2. The number of carbonyl (C=O) groups is 1. The summed E-state index contributed by atoms with van der Waals surface area (Å²) in [6, 6.07) is 0. The first-order valence-electron chi connectivity index (χ1n) is 5.44. The van der Waals surface area contributed by atoms with Gasteiger partial charge >= 0.3 is 0 Å². The van der Waals surface area contributed by atoms with Gasteiger partial charge in [0, 0.05) is 13.6 Å². The lowest BCUT2D eigenvalue weighted by molar-refractivity contribution is 0.0944. The van der Waals surface area contributed by atoms with Crippen LogP contribution in [-0.2, 0) is 0 Å². The lowest BCUT2D eigenvalue weighted by Gasteiger charge is -2.10. The van der Waals surface area contributed by atoms with Gasteiger partial charge in [-0.1, -0.05) is 6.92 Å². The molecule has 0 saturated heterocycles. The molecule has 0 bridgehead atoms. The number of carbonyl (C=O) groups excluding carboxylic acids is 1. The number of rotatable bonds is 6. The number of aromatic nitrogens is 2. The maximum atomic E-state index is 11.7. The molecule has 0 aliphatic rings. The van der Waals surface area contributed by atoms with Crippen molar-refractivity contribution in [2.24, 2.45) is 5.92 Å². The Morgan fingerprint density at radius 2 is 2.24 bits per heavy atom. The van der Waals surface area contributed by atoms with Crippen molar-refractivity contribution in [3.05, 3.63) is 18.1 Å².